The fourth-order valence-corrected chi connectivity index (χ4v) is 3.78. The summed E-state index contributed by atoms with van der Waals surface area (Å²) in [7, 11) is 1.69. The van der Waals surface area contributed by atoms with E-state index in [4.69, 9.17) is 4.74 Å². The molecular weight excluding hydrogens is 362 g/mol. The second-order valence-corrected chi connectivity index (χ2v) is 8.92. The van der Waals surface area contributed by atoms with Crippen LogP contribution in [0.2, 0.25) is 0 Å². The van der Waals surface area contributed by atoms with E-state index in [9.17, 15) is 4.79 Å². The number of amides is 1. The number of hydrogen-bond acceptors (Lipinski definition) is 4. The number of carbonyl (C=O) groups is 1. The Morgan fingerprint density at radius 2 is 1.86 bits per heavy atom. The zero-order valence-electron chi connectivity index (χ0n) is 18.0. The van der Waals surface area contributed by atoms with Crippen LogP contribution in [-0.4, -0.2) is 36.0 Å². The number of benzene rings is 1. The molecule has 1 fully saturated rings. The minimum atomic E-state index is -0.415. The maximum Gasteiger partial charge on any atom is 0.225 e. The molecule has 29 heavy (non-hydrogen) atoms. The Hall–Kier alpha value is -2.40. The molecule has 0 bridgehead atoms. The molecule has 1 aromatic heterocycles. The van der Waals surface area contributed by atoms with Crippen molar-refractivity contribution in [3.63, 3.8) is 0 Å². The van der Waals surface area contributed by atoms with E-state index in [-0.39, 0.29) is 11.9 Å². The van der Waals surface area contributed by atoms with Crippen LogP contribution >= 0.6 is 0 Å². The van der Waals surface area contributed by atoms with Crippen molar-refractivity contribution in [1.82, 2.24) is 15.2 Å². The van der Waals surface area contributed by atoms with Gasteiger partial charge in [0.15, 0.2) is 0 Å². The number of methoxy groups -OCH3 is 1. The first kappa shape index (κ1) is 21.3. The number of nitrogens with one attached hydrogen (secondary N) is 1. The Bertz CT molecular complexity index is 776. The summed E-state index contributed by atoms with van der Waals surface area (Å²) in [5, 5.41) is 3.29. The van der Waals surface area contributed by atoms with E-state index in [2.05, 4.69) is 27.3 Å². The van der Waals surface area contributed by atoms with Crippen LogP contribution in [0.4, 0.5) is 0 Å². The Labute approximate surface area is 174 Å². The summed E-state index contributed by atoms with van der Waals surface area (Å²) in [5.41, 5.74) is 1.84. The highest BCUT2D eigenvalue weighted by Crippen LogP contribution is 2.31. The molecule has 0 spiro atoms. The Balaban J connectivity index is 1.64. The highest BCUT2D eigenvalue weighted by Gasteiger charge is 2.32. The lowest BCUT2D eigenvalue weighted by Crippen LogP contribution is -2.44. The smallest absolute Gasteiger partial charge is 0.225 e. The van der Waals surface area contributed by atoms with Gasteiger partial charge < -0.3 is 10.1 Å². The van der Waals surface area contributed by atoms with Crippen molar-refractivity contribution in [3.05, 3.63) is 59.9 Å². The molecule has 5 nitrogen and oxygen atoms in total. The highest BCUT2D eigenvalue weighted by molar-refractivity contribution is 5.81. The van der Waals surface area contributed by atoms with Crippen LogP contribution in [0.3, 0.4) is 0 Å². The van der Waals surface area contributed by atoms with Crippen LogP contribution in [0.25, 0.3) is 0 Å². The van der Waals surface area contributed by atoms with Crippen molar-refractivity contribution in [2.24, 2.45) is 11.3 Å². The molecule has 1 saturated heterocycles. The van der Waals surface area contributed by atoms with Crippen LogP contribution in [-0.2, 0) is 11.3 Å². The molecular formula is C24H33N3O2. The number of rotatable bonds is 6. The highest BCUT2D eigenvalue weighted by atomic mass is 16.5. The van der Waals surface area contributed by atoms with E-state index in [1.807, 2.05) is 57.3 Å². The summed E-state index contributed by atoms with van der Waals surface area (Å²) in [6.07, 6.45) is 3.90. The summed E-state index contributed by atoms with van der Waals surface area (Å²) in [5.74, 6) is 1.36. The van der Waals surface area contributed by atoms with E-state index in [1.165, 1.54) is 5.56 Å². The molecule has 1 aliphatic heterocycles. The summed E-state index contributed by atoms with van der Waals surface area (Å²) in [4.78, 5) is 19.7. The van der Waals surface area contributed by atoms with Crippen molar-refractivity contribution in [2.75, 3.05) is 20.2 Å². The van der Waals surface area contributed by atoms with Gasteiger partial charge in [0, 0.05) is 18.2 Å². The number of nitrogens with zero attached hydrogens (tertiary/aromatic N) is 2. The lowest BCUT2D eigenvalue weighted by molar-refractivity contribution is -0.129. The van der Waals surface area contributed by atoms with Gasteiger partial charge in [-0.1, -0.05) is 39.0 Å². The zero-order valence-corrected chi connectivity index (χ0v) is 18.0. The second-order valence-electron chi connectivity index (χ2n) is 8.92. The molecule has 1 aliphatic rings. The predicted molar refractivity (Wildman–Crippen MR) is 116 cm³/mol. The minimum Gasteiger partial charge on any atom is -0.497 e. The quantitative estimate of drug-likeness (QED) is 0.796. The normalized spacial score (nSPS) is 17.0. The molecule has 1 amide bonds. The lowest BCUT2D eigenvalue weighted by Gasteiger charge is -2.37. The number of ether oxygens (including phenoxy) is 1. The lowest BCUT2D eigenvalue weighted by atomic mass is 9.85. The number of carbonyl (C=O) groups excluding carboxylic acids is 1. The zero-order chi connectivity index (χ0) is 20.9. The third-order valence-corrected chi connectivity index (χ3v) is 5.64. The van der Waals surface area contributed by atoms with Crippen molar-refractivity contribution < 1.29 is 9.53 Å². The molecule has 0 saturated carbocycles. The van der Waals surface area contributed by atoms with Crippen LogP contribution in [0.5, 0.6) is 5.75 Å². The van der Waals surface area contributed by atoms with E-state index in [0.717, 1.165) is 43.9 Å². The van der Waals surface area contributed by atoms with Gasteiger partial charge in [-0.2, -0.15) is 0 Å². The molecule has 1 N–H and O–H groups in total. The van der Waals surface area contributed by atoms with Gasteiger partial charge in [0.05, 0.1) is 18.8 Å². The van der Waals surface area contributed by atoms with E-state index < -0.39 is 5.41 Å². The number of aromatic nitrogens is 1. The number of likely N-dealkylation sites (tertiary alicyclic amines) is 1. The standard InChI is InChI=1S/C24H33N3O2/c1-24(2,3)23(28)26-22(21-7-5-6-14-25-21)19-12-15-27(16-13-19)17-18-8-10-20(29-4)11-9-18/h5-11,14,19,22H,12-13,15-17H2,1-4H3,(H,26,28)/t22-/m1/s1. The van der Waals surface area contributed by atoms with Gasteiger partial charge in [-0.05, 0) is 61.7 Å². The molecule has 2 heterocycles. The average molecular weight is 396 g/mol. The van der Waals surface area contributed by atoms with Gasteiger partial charge in [0.1, 0.15) is 5.75 Å². The molecule has 0 aliphatic carbocycles. The molecule has 156 valence electrons. The SMILES string of the molecule is COc1ccc(CN2CCC([C@@H](NC(=O)C(C)(C)C)c3ccccn3)CC2)cc1. The summed E-state index contributed by atoms with van der Waals surface area (Å²) in [6.45, 7) is 8.84. The monoisotopic (exact) mass is 395 g/mol. The molecule has 1 aromatic carbocycles. The van der Waals surface area contributed by atoms with Crippen molar-refractivity contribution in [3.8, 4) is 5.75 Å². The predicted octanol–water partition coefficient (Wildman–Crippen LogP) is 4.21. The molecule has 3 rings (SSSR count). The molecule has 0 radical (unpaired) electrons. The van der Waals surface area contributed by atoms with Gasteiger partial charge >= 0.3 is 0 Å². The van der Waals surface area contributed by atoms with E-state index >= 15 is 0 Å². The van der Waals surface area contributed by atoms with Gasteiger partial charge in [0.2, 0.25) is 5.91 Å². The maximum absolute atomic E-state index is 12.7. The van der Waals surface area contributed by atoms with E-state index in [1.54, 1.807) is 7.11 Å². The summed E-state index contributed by atoms with van der Waals surface area (Å²) < 4.78 is 5.24. The second kappa shape index (κ2) is 9.40. The third-order valence-electron chi connectivity index (χ3n) is 5.64. The third kappa shape index (κ3) is 5.80. The van der Waals surface area contributed by atoms with Crippen molar-refractivity contribution >= 4 is 5.91 Å². The Kier molecular flexibility index (Phi) is 6.91. The van der Waals surface area contributed by atoms with Gasteiger partial charge in [-0.15, -0.1) is 0 Å². The topological polar surface area (TPSA) is 54.5 Å². The van der Waals surface area contributed by atoms with Crippen LogP contribution in [0.1, 0.15) is 50.9 Å². The maximum atomic E-state index is 12.7. The van der Waals surface area contributed by atoms with Crippen molar-refractivity contribution in [1.29, 1.82) is 0 Å². The molecule has 2 aromatic rings. The van der Waals surface area contributed by atoms with Crippen LogP contribution in [0, 0.1) is 11.3 Å². The first-order valence-corrected chi connectivity index (χ1v) is 10.4. The molecule has 0 unspecified atom stereocenters. The van der Waals surface area contributed by atoms with Gasteiger partial charge in [-0.25, -0.2) is 0 Å². The molecule has 5 heteroatoms. The van der Waals surface area contributed by atoms with Crippen molar-refractivity contribution in [2.45, 2.75) is 46.2 Å². The number of piperidine rings is 1. The number of pyridine rings is 1. The van der Waals surface area contributed by atoms with Gasteiger partial charge in [-0.3, -0.25) is 14.7 Å². The first-order chi connectivity index (χ1) is 13.9. The van der Waals surface area contributed by atoms with Crippen LogP contribution < -0.4 is 10.1 Å². The van der Waals surface area contributed by atoms with Gasteiger partial charge in [0.25, 0.3) is 0 Å². The van der Waals surface area contributed by atoms with E-state index in [0.29, 0.717) is 5.92 Å². The number of hydrogen-bond donors (Lipinski definition) is 1. The average Bonchev–Trinajstić information content (AvgIpc) is 2.73. The fraction of sp³-hybridized carbons (Fsp3) is 0.500. The minimum absolute atomic E-state index is 0.0361. The van der Waals surface area contributed by atoms with Crippen LogP contribution in [0.15, 0.2) is 48.7 Å². The first-order valence-electron chi connectivity index (χ1n) is 10.4. The fourth-order valence-electron chi connectivity index (χ4n) is 3.78. The Morgan fingerprint density at radius 1 is 1.17 bits per heavy atom. The Morgan fingerprint density at radius 3 is 2.41 bits per heavy atom. The summed E-state index contributed by atoms with van der Waals surface area (Å²) >= 11 is 0. The molecule has 1 atom stereocenters. The largest absolute Gasteiger partial charge is 0.497 e. The summed E-state index contributed by atoms with van der Waals surface area (Å²) in [6, 6.07) is 14.2.